The number of amides is 1. The molecule has 3 aromatic heterocycles. The molecule has 3 atom stereocenters. The van der Waals surface area contributed by atoms with Gasteiger partial charge in [0.25, 0.3) is 11.8 Å². The fraction of sp³-hybridized carbons (Fsp3) is 0.275. The van der Waals surface area contributed by atoms with Crippen LogP contribution < -0.4 is 10.1 Å². The summed E-state index contributed by atoms with van der Waals surface area (Å²) in [6.07, 6.45) is -4.35. The van der Waals surface area contributed by atoms with Crippen LogP contribution in [-0.4, -0.2) is 38.5 Å². The van der Waals surface area contributed by atoms with Gasteiger partial charge in [0, 0.05) is 65.4 Å². The lowest BCUT2D eigenvalue weighted by atomic mass is 9.86. The number of rotatable bonds is 9. The Labute approximate surface area is 308 Å². The minimum atomic E-state index is -5.02. The van der Waals surface area contributed by atoms with Gasteiger partial charge in [0.2, 0.25) is 5.88 Å². The van der Waals surface area contributed by atoms with Crippen LogP contribution in [-0.2, 0) is 36.4 Å². The Hall–Kier alpha value is -6.04. The number of halogens is 7. The van der Waals surface area contributed by atoms with Crippen LogP contribution in [0.4, 0.5) is 30.7 Å². The second kappa shape index (κ2) is 13.4. The van der Waals surface area contributed by atoms with Gasteiger partial charge in [0.05, 0.1) is 12.8 Å². The Morgan fingerprint density at radius 1 is 1.04 bits per heavy atom. The maximum atomic E-state index is 15.3. The zero-order valence-corrected chi connectivity index (χ0v) is 28.8. The number of fused-ring (bicyclic) bond motifs is 4. The zero-order valence-electron chi connectivity index (χ0n) is 28.8. The van der Waals surface area contributed by atoms with Gasteiger partial charge >= 0.3 is 6.18 Å². The minimum absolute atomic E-state index is 0.109. The number of carbonyl (C=O) groups excluding carboxylic acids is 2. The summed E-state index contributed by atoms with van der Waals surface area (Å²) in [7, 11) is 1.46. The first-order chi connectivity index (χ1) is 26.2. The number of ketones is 1. The first kappa shape index (κ1) is 36.0. The van der Waals surface area contributed by atoms with Crippen LogP contribution in [0.15, 0.2) is 66.9 Å². The summed E-state index contributed by atoms with van der Waals surface area (Å²) >= 11 is 0. The molecule has 1 saturated carbocycles. The average molecular weight is 760 g/mol. The van der Waals surface area contributed by atoms with Gasteiger partial charge in [0.1, 0.15) is 29.6 Å². The van der Waals surface area contributed by atoms with Crippen LogP contribution in [0, 0.1) is 29.4 Å². The highest BCUT2D eigenvalue weighted by Gasteiger charge is 2.68. The molecule has 1 fully saturated rings. The number of nitrogens with one attached hydrogen (secondary N) is 1. The molecule has 3 aliphatic rings. The highest BCUT2D eigenvalue weighted by molar-refractivity contribution is 5.99. The van der Waals surface area contributed by atoms with Gasteiger partial charge in [0.15, 0.2) is 11.5 Å². The second-order valence-electron chi connectivity index (χ2n) is 13.8. The number of benzene rings is 2. The Balaban J connectivity index is 1.22. The number of aromatic nitrogens is 4. The van der Waals surface area contributed by atoms with Gasteiger partial charge < -0.3 is 10.1 Å². The Morgan fingerprint density at radius 2 is 1.82 bits per heavy atom. The van der Waals surface area contributed by atoms with E-state index in [0.29, 0.717) is 45.4 Å². The zero-order chi connectivity index (χ0) is 38.8. The smallest absolute Gasteiger partial charge is 0.435 e. The Morgan fingerprint density at radius 3 is 2.53 bits per heavy atom. The molecular weight excluding hydrogens is 731 g/mol. The van der Waals surface area contributed by atoms with E-state index in [0.717, 1.165) is 17.7 Å². The molecule has 0 bridgehead atoms. The van der Waals surface area contributed by atoms with E-state index in [-0.39, 0.29) is 35.7 Å². The molecule has 5 aromatic rings. The van der Waals surface area contributed by atoms with Crippen molar-refractivity contribution in [3.05, 3.63) is 129 Å². The molecule has 2 aromatic carbocycles. The van der Waals surface area contributed by atoms with Gasteiger partial charge in [-0.15, -0.1) is 0 Å². The molecule has 0 unspecified atom stereocenters. The van der Waals surface area contributed by atoms with E-state index in [2.05, 4.69) is 27.2 Å². The lowest BCUT2D eigenvalue weighted by Gasteiger charge is -2.21. The lowest BCUT2D eigenvalue weighted by molar-refractivity contribution is -0.142. The molecule has 0 spiro atoms. The molecule has 2 aliphatic carbocycles. The van der Waals surface area contributed by atoms with Crippen molar-refractivity contribution in [1.82, 2.24) is 25.1 Å². The predicted octanol–water partition coefficient (Wildman–Crippen LogP) is 7.48. The van der Waals surface area contributed by atoms with Crippen LogP contribution in [0.1, 0.15) is 80.1 Å². The Bertz CT molecular complexity index is 2430. The molecule has 0 radical (unpaired) electrons. The molecule has 8 nitrogen and oxygen atoms in total. The maximum Gasteiger partial charge on any atom is 0.435 e. The topological polar surface area (TPSA) is 99.0 Å². The fourth-order valence-corrected chi connectivity index (χ4v) is 7.57. The van der Waals surface area contributed by atoms with Crippen molar-refractivity contribution in [3.8, 4) is 28.8 Å². The minimum Gasteiger partial charge on any atom is -0.481 e. The summed E-state index contributed by atoms with van der Waals surface area (Å²) in [6.45, 7) is -0.593. The molecule has 1 aliphatic heterocycles. The SMILES string of the molecule is COc1ccc(C#Cc2ccc(-c3ccc4c(c3)C(=O)NC4)c([C@@H](CC(=O)Cn3nc(C(F)(F)F)c4c3C(F)(F)[C@@H]3C[C@H]43)Cc3cc(F)cc(F)c3)n2)cn1. The number of Topliss-reactive ketones (excluding diaryl/α,β-unsaturated/α-hetero) is 1. The van der Waals surface area contributed by atoms with E-state index in [1.807, 2.05) is 0 Å². The van der Waals surface area contributed by atoms with Crippen molar-refractivity contribution in [2.24, 2.45) is 5.92 Å². The average Bonchev–Trinajstić information content (AvgIpc) is 3.65. The van der Waals surface area contributed by atoms with E-state index in [9.17, 15) is 31.5 Å². The van der Waals surface area contributed by atoms with Crippen molar-refractivity contribution in [2.75, 3.05) is 7.11 Å². The van der Waals surface area contributed by atoms with Gasteiger partial charge in [-0.3, -0.25) is 14.3 Å². The highest BCUT2D eigenvalue weighted by Crippen LogP contribution is 2.68. The van der Waals surface area contributed by atoms with Crippen molar-refractivity contribution in [1.29, 1.82) is 0 Å². The van der Waals surface area contributed by atoms with Gasteiger partial charge in [-0.05, 0) is 77.8 Å². The maximum absolute atomic E-state index is 15.3. The van der Waals surface area contributed by atoms with Crippen LogP contribution in [0.2, 0.25) is 0 Å². The molecule has 4 heterocycles. The van der Waals surface area contributed by atoms with E-state index in [4.69, 9.17) is 9.72 Å². The third kappa shape index (κ3) is 6.81. The molecule has 280 valence electrons. The monoisotopic (exact) mass is 759 g/mol. The summed E-state index contributed by atoms with van der Waals surface area (Å²) in [5.74, 6) is -3.53. The van der Waals surface area contributed by atoms with Gasteiger partial charge in [-0.1, -0.05) is 18.1 Å². The standard InChI is InChI=1S/C40H28F7N5O3/c1-55-33-9-3-20(17-48-33)2-6-27-7-8-29(22-4-5-23-18-49-38(54)30(23)14-22)35(50-27)24(10-21-11-25(41)15-26(42)12-21)13-28(53)19-52-37-34(36(51-52)40(45,46)47)31-16-32(31)39(37,43)44/h3-5,7-9,11-12,14-15,17,24,31-32H,10,13,16,18-19H2,1H3,(H,49,54)/t24-,31+,32-/m1/s1. The van der Waals surface area contributed by atoms with Crippen molar-refractivity contribution in [2.45, 2.75) is 56.3 Å². The van der Waals surface area contributed by atoms with Crippen molar-refractivity contribution >= 4 is 11.7 Å². The highest BCUT2D eigenvalue weighted by atomic mass is 19.4. The van der Waals surface area contributed by atoms with E-state index < -0.39 is 77.2 Å². The molecule has 8 rings (SSSR count). The third-order valence-corrected chi connectivity index (χ3v) is 10.1. The number of carbonyl (C=O) groups is 2. The van der Waals surface area contributed by atoms with E-state index in [1.165, 1.54) is 13.3 Å². The molecule has 1 amide bonds. The number of nitrogens with zero attached hydrogens (tertiary/aromatic N) is 4. The molecule has 15 heteroatoms. The third-order valence-electron chi connectivity index (χ3n) is 10.1. The second-order valence-corrected chi connectivity index (χ2v) is 13.8. The number of hydrogen-bond acceptors (Lipinski definition) is 6. The van der Waals surface area contributed by atoms with Crippen LogP contribution in [0.5, 0.6) is 5.88 Å². The molecule has 1 N–H and O–H groups in total. The van der Waals surface area contributed by atoms with Gasteiger partial charge in [-0.2, -0.15) is 27.1 Å². The normalized spacial score (nSPS) is 18.1. The number of ether oxygens (including phenoxy) is 1. The van der Waals surface area contributed by atoms with Crippen LogP contribution in [0.3, 0.4) is 0 Å². The Kier molecular flexibility index (Phi) is 8.74. The number of hydrogen-bond donors (Lipinski definition) is 1. The summed E-state index contributed by atoms with van der Waals surface area (Å²) in [5, 5.41) is 6.24. The quantitative estimate of drug-likeness (QED) is 0.124. The summed E-state index contributed by atoms with van der Waals surface area (Å²) < 4.78 is 107. The first-order valence-electron chi connectivity index (χ1n) is 17.2. The van der Waals surface area contributed by atoms with Crippen LogP contribution >= 0.6 is 0 Å². The van der Waals surface area contributed by atoms with E-state index in [1.54, 1.807) is 42.5 Å². The number of alkyl halides is 5. The van der Waals surface area contributed by atoms with E-state index >= 15 is 8.78 Å². The first-order valence-corrected chi connectivity index (χ1v) is 17.2. The molecule has 0 saturated heterocycles. The largest absolute Gasteiger partial charge is 0.481 e. The van der Waals surface area contributed by atoms with Crippen molar-refractivity contribution in [3.63, 3.8) is 0 Å². The molecular formula is C40H28F7N5O3. The summed E-state index contributed by atoms with van der Waals surface area (Å²) in [5.41, 5.74) is 0.241. The van der Waals surface area contributed by atoms with Crippen molar-refractivity contribution < 1.29 is 45.1 Å². The van der Waals surface area contributed by atoms with Gasteiger partial charge in [-0.25, -0.2) is 18.7 Å². The number of pyridine rings is 2. The lowest BCUT2D eigenvalue weighted by Crippen LogP contribution is -2.24. The number of methoxy groups -OCH3 is 1. The van der Waals surface area contributed by atoms with Crippen LogP contribution in [0.25, 0.3) is 11.1 Å². The summed E-state index contributed by atoms with van der Waals surface area (Å²) in [6, 6.07) is 14.5. The predicted molar refractivity (Wildman–Crippen MR) is 182 cm³/mol. The fourth-order valence-electron chi connectivity index (χ4n) is 7.57. The summed E-state index contributed by atoms with van der Waals surface area (Å²) in [4.78, 5) is 35.5. The molecule has 55 heavy (non-hydrogen) atoms.